The highest BCUT2D eigenvalue weighted by Crippen LogP contribution is 2.76. The summed E-state index contributed by atoms with van der Waals surface area (Å²) >= 11 is 0. The molecule has 7 fully saturated rings. The molecule has 72 heavy (non-hydrogen) atoms. The predicted molar refractivity (Wildman–Crippen MR) is 247 cm³/mol. The van der Waals surface area contributed by atoms with E-state index >= 15 is 0 Å². The minimum atomic E-state index is -2.12. The number of carbonyl (C=O) groups is 3. The third kappa shape index (κ3) is 9.08. The van der Waals surface area contributed by atoms with Gasteiger partial charge in [-0.2, -0.15) is 0 Å². The molecule has 3 heterocycles. The van der Waals surface area contributed by atoms with Crippen molar-refractivity contribution in [3.8, 4) is 0 Å². The lowest BCUT2D eigenvalue weighted by molar-refractivity contribution is -0.396. The van der Waals surface area contributed by atoms with Gasteiger partial charge in [0.05, 0.1) is 31.5 Å². The number of aliphatic carboxylic acids is 2. The lowest BCUT2D eigenvalue weighted by Crippen LogP contribution is -2.68. The Morgan fingerprint density at radius 1 is 0.667 bits per heavy atom. The van der Waals surface area contributed by atoms with Gasteiger partial charge in [-0.15, -0.1) is 0 Å². The average Bonchev–Trinajstić information content (AvgIpc) is 3.30. The van der Waals surface area contributed by atoms with Crippen molar-refractivity contribution in [2.75, 3.05) is 13.2 Å². The lowest BCUT2D eigenvalue weighted by Gasteiger charge is -2.72. The molecule has 3 saturated heterocycles. The van der Waals surface area contributed by atoms with E-state index < -0.39 is 135 Å². The highest BCUT2D eigenvalue weighted by molar-refractivity contribution is 5.90. The van der Waals surface area contributed by atoms with Crippen molar-refractivity contribution < 1.29 is 104 Å². The highest BCUT2D eigenvalue weighted by atomic mass is 16.8. The van der Waals surface area contributed by atoms with Crippen LogP contribution in [-0.4, -0.2) is 192 Å². The quantitative estimate of drug-likeness (QED) is 0.0555. The van der Waals surface area contributed by atoms with E-state index in [0.29, 0.717) is 12.8 Å². The number of allylic oxidation sites excluding steroid dienone is 2. The van der Waals surface area contributed by atoms with Gasteiger partial charge < -0.3 is 89.3 Å². The van der Waals surface area contributed by atoms with E-state index in [2.05, 4.69) is 47.6 Å². The molecular weight excluding hydrogens is 949 g/mol. The standard InChI is InChI=1S/C51H80O21/c1-22-38(69-31(57)17-30(55)56)36(62)37(63)43(66-22)71-40-33(59)32(58)25(20-52)67-44(40)72-41-35(61)34(60)39(42(64)65)70-45(41)68-29-12-13-48(5)26(49(29,6)21-53)11-14-51(8)27(48)10-9-23-24-18-46(2,3)19-28(54)47(24,4)15-16-50(23,51)7/h9,22,24-29,32-41,43-45,52-54,58-63H,10-21H2,1-8H3,(H,55,56)(H,64,65). The van der Waals surface area contributed by atoms with Crippen molar-refractivity contribution in [2.45, 2.75) is 224 Å². The Balaban J connectivity index is 1.05. The maximum atomic E-state index is 12.5. The number of carbonyl (C=O) groups excluding carboxylic acids is 1. The van der Waals surface area contributed by atoms with Crippen LogP contribution in [0.2, 0.25) is 0 Å². The van der Waals surface area contributed by atoms with Gasteiger partial charge in [-0.25, -0.2) is 4.79 Å². The molecule has 25 atom stereocenters. The molecule has 11 N–H and O–H groups in total. The Kier molecular flexibility index (Phi) is 15.4. The van der Waals surface area contributed by atoms with Gasteiger partial charge in [-0.05, 0) is 104 Å². The van der Waals surface area contributed by atoms with Crippen LogP contribution in [0.25, 0.3) is 0 Å². The fourth-order valence-electron chi connectivity index (χ4n) is 15.6. The zero-order chi connectivity index (χ0) is 53.0. The zero-order valence-corrected chi connectivity index (χ0v) is 42.6. The largest absolute Gasteiger partial charge is 0.481 e. The number of rotatable bonds is 12. The van der Waals surface area contributed by atoms with Crippen LogP contribution in [0.5, 0.6) is 0 Å². The van der Waals surface area contributed by atoms with E-state index in [1.165, 1.54) is 12.5 Å². The number of ether oxygens (including phenoxy) is 7. The van der Waals surface area contributed by atoms with Crippen molar-refractivity contribution in [3.05, 3.63) is 11.6 Å². The maximum Gasteiger partial charge on any atom is 0.335 e. The van der Waals surface area contributed by atoms with Gasteiger partial charge in [0.25, 0.3) is 0 Å². The summed E-state index contributed by atoms with van der Waals surface area (Å²) in [5, 5.41) is 120. The van der Waals surface area contributed by atoms with Crippen LogP contribution in [0.3, 0.4) is 0 Å². The number of esters is 1. The van der Waals surface area contributed by atoms with E-state index in [-0.39, 0.29) is 57.5 Å². The number of carboxylic acids is 2. The first kappa shape index (κ1) is 55.8. The fourth-order valence-corrected chi connectivity index (χ4v) is 15.6. The first-order chi connectivity index (χ1) is 33.5. The second-order valence-electron chi connectivity index (χ2n) is 24.6. The molecule has 0 aromatic heterocycles. The number of carboxylic acid groups (broad SMARTS) is 2. The van der Waals surface area contributed by atoms with Crippen LogP contribution in [0.15, 0.2) is 11.6 Å². The van der Waals surface area contributed by atoms with Crippen molar-refractivity contribution >= 4 is 17.9 Å². The number of hydrogen-bond acceptors (Lipinski definition) is 19. The fraction of sp³-hybridized carbons (Fsp3) is 0.902. The molecule has 5 aliphatic carbocycles. The van der Waals surface area contributed by atoms with Crippen LogP contribution in [0.4, 0.5) is 0 Å². The molecule has 0 bridgehead atoms. The first-order valence-electron chi connectivity index (χ1n) is 25.8. The van der Waals surface area contributed by atoms with Gasteiger partial charge >= 0.3 is 17.9 Å². The number of fused-ring (bicyclic) bond motifs is 7. The molecule has 0 aromatic carbocycles. The minimum Gasteiger partial charge on any atom is -0.481 e. The van der Waals surface area contributed by atoms with Crippen molar-refractivity contribution in [2.24, 2.45) is 50.2 Å². The molecule has 21 heteroatoms. The predicted octanol–water partition coefficient (Wildman–Crippen LogP) is 0.730. The molecule has 0 radical (unpaired) electrons. The molecule has 0 amide bonds. The summed E-state index contributed by atoms with van der Waals surface area (Å²) in [5.74, 6) is -4.03. The summed E-state index contributed by atoms with van der Waals surface area (Å²) in [6.45, 7) is 16.0. The normalized spacial score (nSPS) is 52.1. The number of aliphatic hydroxyl groups excluding tert-OH is 9. The SMILES string of the molecule is CC1OC(OC2C(OC3C(OC4CCC5(C)C(CCC6(C)C5CC=C5C7CC(C)(C)CC(O)C7(C)CCC56C)C4(C)CO)OC(C(=O)O)C(O)C3O)OC(CO)C(O)C2O)C(O)C(O)C1OC(=O)CC(=O)O. The summed E-state index contributed by atoms with van der Waals surface area (Å²) in [7, 11) is 0. The zero-order valence-electron chi connectivity index (χ0n) is 42.6. The van der Waals surface area contributed by atoms with E-state index in [4.69, 9.17) is 38.3 Å². The van der Waals surface area contributed by atoms with E-state index in [0.717, 1.165) is 44.9 Å². The Morgan fingerprint density at radius 3 is 1.92 bits per heavy atom. The average molecular weight is 1030 g/mol. The number of aliphatic hydroxyl groups is 9. The van der Waals surface area contributed by atoms with Crippen LogP contribution >= 0.6 is 0 Å². The van der Waals surface area contributed by atoms with Gasteiger partial charge in [0, 0.05) is 10.8 Å². The van der Waals surface area contributed by atoms with E-state index in [9.17, 15) is 65.4 Å². The highest BCUT2D eigenvalue weighted by Gasteiger charge is 2.70. The van der Waals surface area contributed by atoms with Gasteiger partial charge in [0.1, 0.15) is 61.4 Å². The van der Waals surface area contributed by atoms with E-state index in [1.807, 2.05) is 6.92 Å². The molecule has 8 aliphatic rings. The third-order valence-corrected chi connectivity index (χ3v) is 20.0. The monoisotopic (exact) mass is 1030 g/mol. The van der Waals surface area contributed by atoms with E-state index in [1.54, 1.807) is 0 Å². The van der Waals surface area contributed by atoms with Crippen molar-refractivity contribution in [1.82, 2.24) is 0 Å². The second-order valence-corrected chi connectivity index (χ2v) is 24.6. The lowest BCUT2D eigenvalue weighted by atomic mass is 9.33. The second kappa shape index (κ2) is 19.8. The Hall–Kier alpha value is -2.45. The van der Waals surface area contributed by atoms with Crippen molar-refractivity contribution in [1.29, 1.82) is 0 Å². The molecule has 0 aromatic rings. The summed E-state index contributed by atoms with van der Waals surface area (Å²) < 4.78 is 41.5. The minimum absolute atomic E-state index is 0.00406. The smallest absolute Gasteiger partial charge is 0.335 e. The topological polar surface area (TPSA) is 338 Å². The van der Waals surface area contributed by atoms with Gasteiger partial charge in [0.2, 0.25) is 0 Å². The molecular formula is C51H80O21. The summed E-state index contributed by atoms with van der Waals surface area (Å²) in [5.41, 5.74) is -0.262. The Bertz CT molecular complexity index is 2050. The molecule has 25 unspecified atom stereocenters. The maximum absolute atomic E-state index is 12.5. The van der Waals surface area contributed by atoms with Gasteiger partial charge in [0.15, 0.2) is 31.1 Å². The number of hydrogen-bond donors (Lipinski definition) is 11. The molecule has 0 spiro atoms. The van der Waals surface area contributed by atoms with Crippen molar-refractivity contribution in [3.63, 3.8) is 0 Å². The molecule has 21 nitrogen and oxygen atoms in total. The summed E-state index contributed by atoms with van der Waals surface area (Å²) in [6.07, 6.45) is -20.6. The van der Waals surface area contributed by atoms with Crippen LogP contribution in [0.1, 0.15) is 120 Å². The summed E-state index contributed by atoms with van der Waals surface area (Å²) in [6, 6.07) is 0. The first-order valence-corrected chi connectivity index (χ1v) is 25.8. The van der Waals surface area contributed by atoms with Crippen LogP contribution in [-0.2, 0) is 47.5 Å². The molecule has 410 valence electrons. The molecule has 3 aliphatic heterocycles. The summed E-state index contributed by atoms with van der Waals surface area (Å²) in [4.78, 5) is 35.8. The Morgan fingerprint density at radius 2 is 1.29 bits per heavy atom. The van der Waals surface area contributed by atoms with Crippen LogP contribution < -0.4 is 0 Å². The third-order valence-electron chi connectivity index (χ3n) is 20.0. The van der Waals surface area contributed by atoms with Gasteiger partial charge in [-0.3, -0.25) is 9.59 Å². The molecule has 8 rings (SSSR count). The Labute approximate surface area is 419 Å². The van der Waals surface area contributed by atoms with Crippen LogP contribution in [0, 0.1) is 50.2 Å². The van der Waals surface area contributed by atoms with Gasteiger partial charge in [-0.1, -0.05) is 60.1 Å². The molecule has 4 saturated carbocycles.